The van der Waals surface area contributed by atoms with Crippen molar-refractivity contribution in [2.75, 3.05) is 7.11 Å². The molecule has 116 valence electrons. The maximum absolute atomic E-state index is 11.8. The first-order valence-corrected chi connectivity index (χ1v) is 7.44. The van der Waals surface area contributed by atoms with E-state index in [1.807, 2.05) is 31.2 Å². The molecular weight excluding hydrogens is 288 g/mol. The third kappa shape index (κ3) is 3.04. The van der Waals surface area contributed by atoms with E-state index >= 15 is 0 Å². The van der Waals surface area contributed by atoms with E-state index < -0.39 is 5.63 Å². The van der Waals surface area contributed by atoms with Crippen molar-refractivity contribution in [3.63, 3.8) is 0 Å². The molecule has 3 heteroatoms. The number of methoxy groups -OCH3 is 1. The second kappa shape index (κ2) is 6.13. The zero-order chi connectivity index (χ0) is 16.4. The van der Waals surface area contributed by atoms with Gasteiger partial charge in [-0.2, -0.15) is 0 Å². The van der Waals surface area contributed by atoms with Crippen molar-refractivity contribution in [1.29, 1.82) is 0 Å². The minimum Gasteiger partial charge on any atom is -0.496 e. The maximum Gasteiger partial charge on any atom is 0.339 e. The number of ether oxygens (including phenoxy) is 1. The van der Waals surface area contributed by atoms with Crippen LogP contribution >= 0.6 is 0 Å². The van der Waals surface area contributed by atoms with E-state index in [0.29, 0.717) is 11.5 Å². The van der Waals surface area contributed by atoms with Crippen LogP contribution in [0.4, 0.5) is 0 Å². The Labute approximate surface area is 135 Å². The standard InChI is InChI=1S/C20H18O3/c1-13-9-14(2)20(15-7-5-4-6-8-15)17(10-13)18-11-16(22-3)12-19(21)23-18/h4-12H,1-3H3. The van der Waals surface area contributed by atoms with E-state index in [2.05, 4.69) is 25.1 Å². The van der Waals surface area contributed by atoms with Crippen LogP contribution in [0.5, 0.6) is 5.75 Å². The van der Waals surface area contributed by atoms with Crippen molar-refractivity contribution in [2.24, 2.45) is 0 Å². The smallest absolute Gasteiger partial charge is 0.339 e. The van der Waals surface area contributed by atoms with Gasteiger partial charge < -0.3 is 9.15 Å². The summed E-state index contributed by atoms with van der Waals surface area (Å²) >= 11 is 0. The molecule has 23 heavy (non-hydrogen) atoms. The van der Waals surface area contributed by atoms with Crippen LogP contribution in [0, 0.1) is 13.8 Å². The Morgan fingerprint density at radius 2 is 1.70 bits per heavy atom. The first-order valence-electron chi connectivity index (χ1n) is 7.44. The molecule has 3 nitrogen and oxygen atoms in total. The van der Waals surface area contributed by atoms with Crippen molar-refractivity contribution >= 4 is 0 Å². The molecule has 3 rings (SSSR count). The number of aryl methyl sites for hydroxylation is 2. The fraction of sp³-hybridized carbons (Fsp3) is 0.150. The molecular formula is C20H18O3. The van der Waals surface area contributed by atoms with E-state index in [1.54, 1.807) is 6.07 Å². The van der Waals surface area contributed by atoms with Crippen LogP contribution < -0.4 is 10.4 Å². The molecule has 3 aromatic rings. The number of rotatable bonds is 3. The van der Waals surface area contributed by atoms with Crippen LogP contribution in [0.1, 0.15) is 11.1 Å². The zero-order valence-electron chi connectivity index (χ0n) is 13.4. The summed E-state index contributed by atoms with van der Waals surface area (Å²) in [7, 11) is 1.54. The van der Waals surface area contributed by atoms with Crippen LogP contribution in [0.3, 0.4) is 0 Å². The van der Waals surface area contributed by atoms with Gasteiger partial charge in [0.05, 0.1) is 13.2 Å². The predicted octanol–water partition coefficient (Wildman–Crippen LogP) is 4.60. The van der Waals surface area contributed by atoms with E-state index in [9.17, 15) is 4.79 Å². The van der Waals surface area contributed by atoms with Crippen LogP contribution in [0.15, 0.2) is 63.8 Å². The summed E-state index contributed by atoms with van der Waals surface area (Å²) in [5.41, 5.74) is 4.87. The van der Waals surface area contributed by atoms with Gasteiger partial charge in [0, 0.05) is 11.6 Å². The summed E-state index contributed by atoms with van der Waals surface area (Å²) in [6, 6.07) is 17.4. The van der Waals surface area contributed by atoms with Crippen LogP contribution in [0.25, 0.3) is 22.5 Å². The highest BCUT2D eigenvalue weighted by Crippen LogP contribution is 2.36. The Hall–Kier alpha value is -2.81. The van der Waals surface area contributed by atoms with Crippen molar-refractivity contribution in [3.8, 4) is 28.2 Å². The van der Waals surface area contributed by atoms with Crippen molar-refractivity contribution in [1.82, 2.24) is 0 Å². The minimum atomic E-state index is -0.419. The van der Waals surface area contributed by atoms with Crippen molar-refractivity contribution in [2.45, 2.75) is 13.8 Å². The van der Waals surface area contributed by atoms with Crippen molar-refractivity contribution in [3.05, 3.63) is 76.1 Å². The second-order valence-corrected chi connectivity index (χ2v) is 5.55. The molecule has 0 N–H and O–H groups in total. The lowest BCUT2D eigenvalue weighted by atomic mass is 9.92. The van der Waals surface area contributed by atoms with Gasteiger partial charge >= 0.3 is 5.63 Å². The zero-order valence-corrected chi connectivity index (χ0v) is 13.4. The van der Waals surface area contributed by atoms with Gasteiger partial charge in [-0.15, -0.1) is 0 Å². The van der Waals surface area contributed by atoms with E-state index in [0.717, 1.165) is 27.8 Å². The van der Waals surface area contributed by atoms with Crippen LogP contribution in [0.2, 0.25) is 0 Å². The Morgan fingerprint density at radius 3 is 2.39 bits per heavy atom. The highest BCUT2D eigenvalue weighted by Gasteiger charge is 2.14. The normalized spacial score (nSPS) is 10.6. The van der Waals surface area contributed by atoms with Gasteiger partial charge in [-0.25, -0.2) is 4.79 Å². The fourth-order valence-corrected chi connectivity index (χ4v) is 2.85. The van der Waals surface area contributed by atoms with Gasteiger partial charge in [-0.05, 0) is 36.6 Å². The molecule has 0 atom stereocenters. The lowest BCUT2D eigenvalue weighted by molar-refractivity contribution is 0.404. The summed E-state index contributed by atoms with van der Waals surface area (Å²) in [5.74, 6) is 1.01. The Balaban J connectivity index is 2.31. The predicted molar refractivity (Wildman–Crippen MR) is 91.9 cm³/mol. The lowest BCUT2D eigenvalue weighted by Gasteiger charge is -2.14. The van der Waals surface area contributed by atoms with Gasteiger partial charge in [0.2, 0.25) is 0 Å². The van der Waals surface area contributed by atoms with E-state index in [4.69, 9.17) is 9.15 Å². The molecule has 0 fully saturated rings. The molecule has 0 aliphatic heterocycles. The van der Waals surface area contributed by atoms with E-state index in [1.165, 1.54) is 13.2 Å². The largest absolute Gasteiger partial charge is 0.496 e. The number of hydrogen-bond donors (Lipinski definition) is 0. The average Bonchev–Trinajstić information content (AvgIpc) is 2.54. The first-order chi connectivity index (χ1) is 11.1. The van der Waals surface area contributed by atoms with Gasteiger partial charge in [-0.1, -0.05) is 42.0 Å². The quantitative estimate of drug-likeness (QED) is 0.710. The van der Waals surface area contributed by atoms with Crippen LogP contribution in [-0.2, 0) is 0 Å². The molecule has 0 saturated heterocycles. The van der Waals surface area contributed by atoms with Gasteiger partial charge in [0.1, 0.15) is 11.5 Å². The second-order valence-electron chi connectivity index (χ2n) is 5.55. The number of hydrogen-bond acceptors (Lipinski definition) is 3. The molecule has 0 spiro atoms. The lowest BCUT2D eigenvalue weighted by Crippen LogP contribution is -2.00. The Kier molecular flexibility index (Phi) is 4.02. The first kappa shape index (κ1) is 15.1. The average molecular weight is 306 g/mol. The summed E-state index contributed by atoms with van der Waals surface area (Å²) in [4.78, 5) is 11.8. The minimum absolute atomic E-state index is 0.419. The highest BCUT2D eigenvalue weighted by molar-refractivity contribution is 5.84. The summed E-state index contributed by atoms with van der Waals surface area (Å²) in [6.07, 6.45) is 0. The van der Waals surface area contributed by atoms with E-state index in [-0.39, 0.29) is 0 Å². The van der Waals surface area contributed by atoms with Gasteiger partial charge in [-0.3, -0.25) is 0 Å². The monoisotopic (exact) mass is 306 g/mol. The fourth-order valence-electron chi connectivity index (χ4n) is 2.85. The molecule has 1 aromatic heterocycles. The highest BCUT2D eigenvalue weighted by atomic mass is 16.5. The molecule has 0 aliphatic carbocycles. The molecule has 1 heterocycles. The molecule has 0 unspecified atom stereocenters. The molecule has 0 amide bonds. The maximum atomic E-state index is 11.8. The molecule has 2 aromatic carbocycles. The third-order valence-corrected chi connectivity index (χ3v) is 3.79. The Bertz CT molecular complexity index is 893. The Morgan fingerprint density at radius 1 is 0.957 bits per heavy atom. The summed E-state index contributed by atoms with van der Waals surface area (Å²) < 4.78 is 10.6. The SMILES string of the molecule is COc1cc(-c2cc(C)cc(C)c2-c2ccccc2)oc(=O)c1. The van der Waals surface area contributed by atoms with Crippen molar-refractivity contribution < 1.29 is 9.15 Å². The number of benzene rings is 2. The molecule has 0 aliphatic rings. The molecule has 0 saturated carbocycles. The topological polar surface area (TPSA) is 39.4 Å². The molecule has 0 radical (unpaired) electrons. The van der Waals surface area contributed by atoms with Gasteiger partial charge in [0.15, 0.2) is 0 Å². The van der Waals surface area contributed by atoms with Gasteiger partial charge in [0.25, 0.3) is 0 Å². The summed E-state index contributed by atoms with van der Waals surface area (Å²) in [5, 5.41) is 0. The van der Waals surface area contributed by atoms with Crippen LogP contribution in [-0.4, -0.2) is 7.11 Å². The third-order valence-electron chi connectivity index (χ3n) is 3.79. The molecule has 0 bridgehead atoms. The summed E-state index contributed by atoms with van der Waals surface area (Å²) in [6.45, 7) is 4.10.